The summed E-state index contributed by atoms with van der Waals surface area (Å²) in [5, 5.41) is 21.5. The van der Waals surface area contributed by atoms with Crippen molar-refractivity contribution in [1.82, 2.24) is 9.88 Å². The van der Waals surface area contributed by atoms with Gasteiger partial charge in [0.1, 0.15) is 23.2 Å². The van der Waals surface area contributed by atoms with Crippen molar-refractivity contribution in [1.29, 1.82) is 5.26 Å². The minimum Gasteiger partial charge on any atom is -0.507 e. The van der Waals surface area contributed by atoms with Gasteiger partial charge in [0.15, 0.2) is 0 Å². The minimum absolute atomic E-state index is 0.0162. The molecule has 3 N–H and O–H groups in total. The number of carbonyl (C=O) groups excluding carboxylic acids is 1. The Morgan fingerprint density at radius 3 is 2.70 bits per heavy atom. The molecular weight excluding hydrogens is 340 g/mol. The summed E-state index contributed by atoms with van der Waals surface area (Å²) in [6.45, 7) is 2.50. The molecule has 1 amide bonds. The molecule has 6 heteroatoms. The number of amides is 1. The predicted molar refractivity (Wildman–Crippen MR) is 103 cm³/mol. The summed E-state index contributed by atoms with van der Waals surface area (Å²) in [7, 11) is 0. The van der Waals surface area contributed by atoms with Gasteiger partial charge in [-0.2, -0.15) is 5.26 Å². The van der Waals surface area contributed by atoms with Gasteiger partial charge in [-0.3, -0.25) is 4.79 Å². The number of hydrogen-bond donors (Lipinski definition) is 2. The lowest BCUT2D eigenvalue weighted by Crippen LogP contribution is -2.35. The number of benzene rings is 2. The molecule has 0 aliphatic carbocycles. The SMILES string of the molecule is CC(=O)N1CCc2nc(N)c(C#N)c(-c3ccc(O)c4ccccc34)c2C1. The van der Waals surface area contributed by atoms with Gasteiger partial charge in [-0.15, -0.1) is 0 Å². The van der Waals surface area contributed by atoms with Crippen LogP contribution in [-0.4, -0.2) is 27.4 Å². The molecule has 0 bridgehead atoms. The number of fused-ring (bicyclic) bond motifs is 2. The first-order chi connectivity index (χ1) is 13.0. The summed E-state index contributed by atoms with van der Waals surface area (Å²) in [5.41, 5.74) is 9.56. The number of rotatable bonds is 1. The number of nitrogens with zero attached hydrogens (tertiary/aromatic N) is 3. The maximum atomic E-state index is 11.9. The molecule has 0 radical (unpaired) electrons. The molecule has 0 saturated carbocycles. The minimum atomic E-state index is -0.0162. The highest BCUT2D eigenvalue weighted by atomic mass is 16.3. The fourth-order valence-corrected chi connectivity index (χ4v) is 3.76. The smallest absolute Gasteiger partial charge is 0.219 e. The first-order valence-corrected chi connectivity index (χ1v) is 8.69. The second-order valence-electron chi connectivity index (χ2n) is 6.65. The van der Waals surface area contributed by atoms with Gasteiger partial charge in [0.05, 0.1) is 5.69 Å². The highest BCUT2D eigenvalue weighted by Crippen LogP contribution is 2.40. The Labute approximate surface area is 156 Å². The van der Waals surface area contributed by atoms with E-state index in [-0.39, 0.29) is 17.5 Å². The van der Waals surface area contributed by atoms with Crippen molar-refractivity contribution in [3.63, 3.8) is 0 Å². The van der Waals surface area contributed by atoms with Crippen LogP contribution in [0.5, 0.6) is 5.75 Å². The van der Waals surface area contributed by atoms with E-state index in [0.29, 0.717) is 36.0 Å². The average Bonchev–Trinajstić information content (AvgIpc) is 2.67. The largest absolute Gasteiger partial charge is 0.507 e. The summed E-state index contributed by atoms with van der Waals surface area (Å²) in [4.78, 5) is 18.1. The van der Waals surface area contributed by atoms with Crippen LogP contribution in [-0.2, 0) is 17.8 Å². The van der Waals surface area contributed by atoms with E-state index in [2.05, 4.69) is 11.1 Å². The number of phenolic OH excluding ortho intramolecular Hbond substituents is 1. The molecule has 2 heterocycles. The Morgan fingerprint density at radius 2 is 2.00 bits per heavy atom. The molecule has 0 saturated heterocycles. The Bertz CT molecular complexity index is 1130. The zero-order valence-corrected chi connectivity index (χ0v) is 14.9. The second-order valence-corrected chi connectivity index (χ2v) is 6.65. The van der Waals surface area contributed by atoms with Gasteiger partial charge in [0.2, 0.25) is 5.91 Å². The fraction of sp³-hybridized carbons (Fsp3) is 0.190. The highest BCUT2D eigenvalue weighted by Gasteiger charge is 2.27. The molecule has 0 atom stereocenters. The molecule has 1 aliphatic rings. The zero-order chi connectivity index (χ0) is 19.1. The van der Waals surface area contributed by atoms with Crippen LogP contribution in [0.4, 0.5) is 5.82 Å². The van der Waals surface area contributed by atoms with Gasteiger partial charge in [-0.25, -0.2) is 4.98 Å². The Hall–Kier alpha value is -3.59. The number of aromatic nitrogens is 1. The third kappa shape index (κ3) is 2.64. The lowest BCUT2D eigenvalue weighted by Gasteiger charge is -2.30. The van der Waals surface area contributed by atoms with Crippen LogP contribution in [0.2, 0.25) is 0 Å². The van der Waals surface area contributed by atoms with Crippen molar-refractivity contribution in [3.05, 3.63) is 53.2 Å². The number of anilines is 1. The van der Waals surface area contributed by atoms with Crippen molar-refractivity contribution in [2.45, 2.75) is 19.9 Å². The Kier molecular flexibility index (Phi) is 3.93. The molecule has 0 spiro atoms. The van der Waals surface area contributed by atoms with E-state index >= 15 is 0 Å². The van der Waals surface area contributed by atoms with Crippen molar-refractivity contribution in [2.75, 3.05) is 12.3 Å². The van der Waals surface area contributed by atoms with Crippen LogP contribution in [0.15, 0.2) is 36.4 Å². The molecule has 3 aromatic rings. The quantitative estimate of drug-likeness (QED) is 0.696. The zero-order valence-electron chi connectivity index (χ0n) is 14.9. The first-order valence-electron chi connectivity index (χ1n) is 8.69. The third-order valence-corrected chi connectivity index (χ3v) is 5.11. The van der Waals surface area contributed by atoms with E-state index in [4.69, 9.17) is 5.73 Å². The van der Waals surface area contributed by atoms with Crippen LogP contribution in [0.25, 0.3) is 21.9 Å². The van der Waals surface area contributed by atoms with Gasteiger partial charge in [0, 0.05) is 42.9 Å². The molecule has 4 rings (SSSR count). The molecule has 1 aliphatic heterocycles. The molecule has 2 aromatic carbocycles. The summed E-state index contributed by atoms with van der Waals surface area (Å²) in [5.74, 6) is 0.353. The van der Waals surface area contributed by atoms with Crippen molar-refractivity contribution >= 4 is 22.5 Å². The number of pyridine rings is 1. The van der Waals surface area contributed by atoms with Crippen molar-refractivity contribution in [3.8, 4) is 22.9 Å². The topological polar surface area (TPSA) is 103 Å². The fourth-order valence-electron chi connectivity index (χ4n) is 3.76. The Balaban J connectivity index is 2.07. The van der Waals surface area contributed by atoms with Gasteiger partial charge in [-0.1, -0.05) is 24.3 Å². The van der Waals surface area contributed by atoms with Gasteiger partial charge in [-0.05, 0) is 23.1 Å². The van der Waals surface area contributed by atoms with Crippen LogP contribution in [0.3, 0.4) is 0 Å². The molecule has 6 nitrogen and oxygen atoms in total. The van der Waals surface area contributed by atoms with Crippen LogP contribution >= 0.6 is 0 Å². The van der Waals surface area contributed by atoms with E-state index < -0.39 is 0 Å². The number of aromatic hydroxyl groups is 1. The predicted octanol–water partition coefficient (Wildman–Crippen LogP) is 2.97. The standard InChI is InChI=1S/C21H18N4O2/c1-12(26)25-9-8-18-17(11-25)20(16(10-22)21(23)24-18)15-6-7-19(27)14-5-3-2-4-13(14)15/h2-7,27H,8-9,11H2,1H3,(H2,23,24). The van der Waals surface area contributed by atoms with E-state index in [0.717, 1.165) is 22.2 Å². The highest BCUT2D eigenvalue weighted by molar-refractivity contribution is 6.02. The van der Waals surface area contributed by atoms with Crippen LogP contribution in [0.1, 0.15) is 23.7 Å². The maximum absolute atomic E-state index is 11.9. The van der Waals surface area contributed by atoms with Crippen LogP contribution in [0, 0.1) is 11.3 Å². The lowest BCUT2D eigenvalue weighted by atomic mass is 9.88. The van der Waals surface area contributed by atoms with Crippen molar-refractivity contribution in [2.24, 2.45) is 0 Å². The normalized spacial score (nSPS) is 13.3. The summed E-state index contributed by atoms with van der Waals surface area (Å²) >= 11 is 0. The second kappa shape index (κ2) is 6.29. The first kappa shape index (κ1) is 16.9. The number of nitrogens with two attached hydrogens (primary N) is 1. The molecule has 1 aromatic heterocycles. The number of carbonyl (C=O) groups is 1. The molecule has 27 heavy (non-hydrogen) atoms. The summed E-state index contributed by atoms with van der Waals surface area (Å²) < 4.78 is 0. The number of nitriles is 1. The monoisotopic (exact) mass is 358 g/mol. The molecular formula is C21H18N4O2. The number of hydrogen-bond acceptors (Lipinski definition) is 5. The molecule has 134 valence electrons. The number of phenols is 1. The third-order valence-electron chi connectivity index (χ3n) is 5.11. The van der Waals surface area contributed by atoms with Crippen LogP contribution < -0.4 is 5.73 Å². The van der Waals surface area contributed by atoms with E-state index in [1.54, 1.807) is 17.0 Å². The maximum Gasteiger partial charge on any atom is 0.219 e. The summed E-state index contributed by atoms with van der Waals surface area (Å²) in [6, 6.07) is 13.1. The number of nitrogen functional groups attached to an aromatic ring is 1. The van der Waals surface area contributed by atoms with E-state index in [9.17, 15) is 15.2 Å². The van der Waals surface area contributed by atoms with Crippen molar-refractivity contribution < 1.29 is 9.90 Å². The van der Waals surface area contributed by atoms with E-state index in [1.165, 1.54) is 6.92 Å². The molecule has 0 fully saturated rings. The lowest BCUT2D eigenvalue weighted by molar-refractivity contribution is -0.129. The van der Waals surface area contributed by atoms with Gasteiger partial charge < -0.3 is 15.7 Å². The molecule has 0 unspecified atom stereocenters. The van der Waals surface area contributed by atoms with Gasteiger partial charge >= 0.3 is 0 Å². The summed E-state index contributed by atoms with van der Waals surface area (Å²) in [6.07, 6.45) is 0.591. The van der Waals surface area contributed by atoms with E-state index in [1.807, 2.05) is 24.3 Å². The Morgan fingerprint density at radius 1 is 1.26 bits per heavy atom. The van der Waals surface area contributed by atoms with Gasteiger partial charge in [0.25, 0.3) is 0 Å². The average molecular weight is 358 g/mol.